The van der Waals surface area contributed by atoms with Crippen molar-refractivity contribution in [2.24, 2.45) is 0 Å². The Morgan fingerprint density at radius 1 is 1.27 bits per heavy atom. The summed E-state index contributed by atoms with van der Waals surface area (Å²) in [7, 11) is 0.427. The van der Waals surface area contributed by atoms with Crippen LogP contribution in [0.4, 0.5) is 0 Å². The van der Waals surface area contributed by atoms with E-state index < -0.39 is 15.9 Å². The molecule has 0 heterocycles. The van der Waals surface area contributed by atoms with Crippen molar-refractivity contribution in [2.75, 3.05) is 20.4 Å². The molecule has 0 aromatic heterocycles. The van der Waals surface area contributed by atoms with Gasteiger partial charge in [-0.15, -0.1) is 0 Å². The first-order chi connectivity index (χ1) is 4.83. The normalized spacial score (nSPS) is 9.45. The summed E-state index contributed by atoms with van der Waals surface area (Å²) >= 11 is 0. The molecule has 0 aromatic rings. The number of sulfonamides is 1. The number of hydrogen-bond donors (Lipinski definition) is 2. The van der Waals surface area contributed by atoms with Crippen LogP contribution in [0.25, 0.3) is 0 Å². The van der Waals surface area contributed by atoms with E-state index in [1.807, 2.05) is 14.1 Å². The molecular weight excluding hydrogens is 168 g/mol. The Morgan fingerprint density at radius 3 is 1.55 bits per heavy atom. The van der Waals surface area contributed by atoms with E-state index >= 15 is 0 Å². The second kappa shape index (κ2) is 6.11. The summed E-state index contributed by atoms with van der Waals surface area (Å²) in [5.74, 6) is -0.562. The van der Waals surface area contributed by atoms with E-state index in [1.165, 1.54) is 0 Å². The second-order valence-corrected chi connectivity index (χ2v) is 3.68. The zero-order valence-corrected chi connectivity index (χ0v) is 7.95. The summed E-state index contributed by atoms with van der Waals surface area (Å²) in [4.78, 5) is 9.97. The van der Waals surface area contributed by atoms with E-state index in [-0.39, 0.29) is 0 Å². The lowest BCUT2D eigenvalue weighted by molar-refractivity contribution is -0.117. The molecule has 5 nitrogen and oxygen atoms in total. The highest BCUT2D eigenvalue weighted by atomic mass is 32.2. The van der Waals surface area contributed by atoms with Gasteiger partial charge >= 0.3 is 0 Å². The standard InChI is InChI=1S/C3H7NO3S.C2H7N/c1-3(5)4-8(2,6)7;1-3-2/h1-2H3,(H,4,5);3H,1-2H3. The first kappa shape index (κ1) is 13.0. The third-order valence-electron chi connectivity index (χ3n) is 0.329. The highest BCUT2D eigenvalue weighted by molar-refractivity contribution is 7.89. The molecule has 0 aliphatic carbocycles. The summed E-state index contributed by atoms with van der Waals surface area (Å²) in [6.45, 7) is 1.14. The molecule has 0 aromatic carbocycles. The molecular formula is C5H14N2O3S. The van der Waals surface area contributed by atoms with Gasteiger partial charge in [-0.25, -0.2) is 8.42 Å². The fourth-order valence-corrected chi connectivity index (χ4v) is 0.783. The van der Waals surface area contributed by atoms with E-state index in [4.69, 9.17) is 0 Å². The number of nitrogens with one attached hydrogen (secondary N) is 2. The highest BCUT2D eigenvalue weighted by Crippen LogP contribution is 1.70. The molecule has 0 radical (unpaired) electrons. The van der Waals surface area contributed by atoms with E-state index in [1.54, 1.807) is 4.72 Å². The number of carbonyl (C=O) groups is 1. The highest BCUT2D eigenvalue weighted by Gasteiger charge is 1.99. The van der Waals surface area contributed by atoms with Crippen molar-refractivity contribution in [3.63, 3.8) is 0 Å². The van der Waals surface area contributed by atoms with Crippen molar-refractivity contribution >= 4 is 15.9 Å². The third-order valence-corrected chi connectivity index (χ3v) is 0.987. The Morgan fingerprint density at radius 2 is 1.55 bits per heavy atom. The van der Waals surface area contributed by atoms with E-state index in [0.29, 0.717) is 0 Å². The molecule has 0 unspecified atom stereocenters. The maximum Gasteiger partial charge on any atom is 0.231 e. The van der Waals surface area contributed by atoms with Gasteiger partial charge in [-0.2, -0.15) is 0 Å². The maximum atomic E-state index is 10.1. The van der Waals surface area contributed by atoms with Crippen molar-refractivity contribution < 1.29 is 13.2 Å². The lowest BCUT2D eigenvalue weighted by atomic mass is 10.8. The lowest BCUT2D eigenvalue weighted by Gasteiger charge is -1.93. The summed E-state index contributed by atoms with van der Waals surface area (Å²) in [6.07, 6.45) is 0.925. The SMILES string of the molecule is CC(=O)NS(C)(=O)=O.CNC. The minimum Gasteiger partial charge on any atom is -0.323 e. The monoisotopic (exact) mass is 182 g/mol. The number of amides is 1. The molecule has 0 saturated carbocycles. The zero-order valence-electron chi connectivity index (χ0n) is 7.13. The van der Waals surface area contributed by atoms with Crippen LogP contribution in [0, 0.1) is 0 Å². The Kier molecular flexibility index (Phi) is 7.23. The first-order valence-electron chi connectivity index (χ1n) is 2.90. The van der Waals surface area contributed by atoms with Gasteiger partial charge in [0.2, 0.25) is 15.9 Å². The predicted octanol–water partition coefficient (Wildman–Crippen LogP) is -1.08. The van der Waals surface area contributed by atoms with Crippen LogP contribution in [0.2, 0.25) is 0 Å². The molecule has 0 atom stereocenters. The molecule has 0 bridgehead atoms. The summed E-state index contributed by atoms with van der Waals surface area (Å²) in [5, 5.41) is 2.75. The van der Waals surface area contributed by atoms with Crippen LogP contribution in [-0.2, 0) is 14.8 Å². The summed E-state index contributed by atoms with van der Waals surface area (Å²) < 4.78 is 21.9. The van der Waals surface area contributed by atoms with Gasteiger partial charge in [0.1, 0.15) is 0 Å². The van der Waals surface area contributed by atoms with Crippen LogP contribution in [0.3, 0.4) is 0 Å². The zero-order chi connectivity index (χ0) is 9.49. The van der Waals surface area contributed by atoms with Crippen LogP contribution < -0.4 is 10.0 Å². The summed E-state index contributed by atoms with van der Waals surface area (Å²) in [6, 6.07) is 0. The number of carbonyl (C=O) groups excluding carboxylic acids is 1. The molecule has 68 valence electrons. The fourth-order valence-electron chi connectivity index (χ4n) is 0.261. The Balaban J connectivity index is 0. The molecule has 6 heteroatoms. The van der Waals surface area contributed by atoms with Crippen molar-refractivity contribution in [1.29, 1.82) is 0 Å². The van der Waals surface area contributed by atoms with Gasteiger partial charge in [0.05, 0.1) is 6.26 Å². The first-order valence-corrected chi connectivity index (χ1v) is 4.79. The third kappa shape index (κ3) is 26.6. The van der Waals surface area contributed by atoms with E-state index in [9.17, 15) is 13.2 Å². The van der Waals surface area contributed by atoms with E-state index in [0.717, 1.165) is 13.2 Å². The molecule has 2 N–H and O–H groups in total. The van der Waals surface area contributed by atoms with Gasteiger partial charge in [-0.3, -0.25) is 9.52 Å². The molecule has 1 amide bonds. The van der Waals surface area contributed by atoms with Crippen LogP contribution in [0.15, 0.2) is 0 Å². The molecule has 0 spiro atoms. The van der Waals surface area contributed by atoms with Crippen molar-refractivity contribution in [1.82, 2.24) is 10.0 Å². The van der Waals surface area contributed by atoms with Gasteiger partial charge in [0, 0.05) is 6.92 Å². The number of rotatable bonds is 1. The van der Waals surface area contributed by atoms with Crippen LogP contribution in [0.1, 0.15) is 6.92 Å². The fraction of sp³-hybridized carbons (Fsp3) is 0.800. The van der Waals surface area contributed by atoms with Crippen molar-refractivity contribution in [3.8, 4) is 0 Å². The predicted molar refractivity (Wildman–Crippen MR) is 43.6 cm³/mol. The van der Waals surface area contributed by atoms with Gasteiger partial charge in [-0.1, -0.05) is 0 Å². The topological polar surface area (TPSA) is 75.3 Å². The minimum absolute atomic E-state index is 0.562. The molecule has 11 heavy (non-hydrogen) atoms. The van der Waals surface area contributed by atoms with Gasteiger partial charge in [-0.05, 0) is 14.1 Å². The lowest BCUT2D eigenvalue weighted by Crippen LogP contribution is -2.26. The minimum atomic E-state index is -3.32. The maximum absolute atomic E-state index is 10.1. The second-order valence-electron chi connectivity index (χ2n) is 1.93. The van der Waals surface area contributed by atoms with Crippen LogP contribution in [-0.4, -0.2) is 34.7 Å². The van der Waals surface area contributed by atoms with Gasteiger partial charge in [0.25, 0.3) is 0 Å². The smallest absolute Gasteiger partial charge is 0.231 e. The quantitative estimate of drug-likeness (QED) is 0.541. The Bertz CT molecular complexity index is 198. The molecule has 0 aliphatic rings. The van der Waals surface area contributed by atoms with Gasteiger partial charge in [0.15, 0.2) is 0 Å². The van der Waals surface area contributed by atoms with Crippen LogP contribution in [0.5, 0.6) is 0 Å². The Hall–Kier alpha value is -0.620. The van der Waals surface area contributed by atoms with E-state index in [2.05, 4.69) is 5.32 Å². The Labute approximate surface area is 67.2 Å². The average Bonchev–Trinajstić information content (AvgIpc) is 1.57. The van der Waals surface area contributed by atoms with Crippen LogP contribution >= 0.6 is 0 Å². The molecule has 0 rings (SSSR count). The molecule has 0 saturated heterocycles. The molecule has 0 aliphatic heterocycles. The van der Waals surface area contributed by atoms with Crippen molar-refractivity contribution in [2.45, 2.75) is 6.92 Å². The van der Waals surface area contributed by atoms with Gasteiger partial charge < -0.3 is 5.32 Å². The average molecular weight is 182 g/mol. The largest absolute Gasteiger partial charge is 0.323 e. The number of hydrogen-bond acceptors (Lipinski definition) is 4. The summed E-state index contributed by atoms with van der Waals surface area (Å²) in [5.41, 5.74) is 0. The van der Waals surface area contributed by atoms with Crippen molar-refractivity contribution in [3.05, 3.63) is 0 Å². The molecule has 0 fully saturated rings.